The van der Waals surface area contributed by atoms with E-state index in [1.807, 2.05) is 50.2 Å². The lowest BCUT2D eigenvalue weighted by molar-refractivity contribution is -0.135. The summed E-state index contributed by atoms with van der Waals surface area (Å²) in [5.74, 6) is 0.0168. The van der Waals surface area contributed by atoms with E-state index in [1.54, 1.807) is 13.2 Å². The lowest BCUT2D eigenvalue weighted by Crippen LogP contribution is -2.27. The number of methoxy groups -OCH3 is 1. The van der Waals surface area contributed by atoms with Gasteiger partial charge in [-0.3, -0.25) is 14.5 Å². The normalized spacial score (nSPS) is 14.3. The van der Waals surface area contributed by atoms with Gasteiger partial charge in [-0.25, -0.2) is 0 Å². The Morgan fingerprint density at radius 1 is 0.960 bits per heavy atom. The van der Waals surface area contributed by atoms with Crippen molar-refractivity contribution in [3.63, 3.8) is 0 Å². The van der Waals surface area contributed by atoms with Gasteiger partial charge in [-0.05, 0) is 42.7 Å². The smallest absolute Gasteiger partial charge is 0.277 e. The van der Waals surface area contributed by atoms with Gasteiger partial charge < -0.3 is 10.1 Å². The van der Waals surface area contributed by atoms with Gasteiger partial charge in [0, 0.05) is 18.8 Å². The number of ether oxygens (including phenoxy) is 1. The first-order valence-electron chi connectivity index (χ1n) is 7.97. The van der Waals surface area contributed by atoms with Crippen LogP contribution < -0.4 is 10.1 Å². The molecule has 0 fully saturated rings. The van der Waals surface area contributed by atoms with E-state index in [0.717, 1.165) is 21.6 Å². The summed E-state index contributed by atoms with van der Waals surface area (Å²) in [6.45, 7) is 4.00. The van der Waals surface area contributed by atoms with E-state index in [1.165, 1.54) is 7.05 Å². The lowest BCUT2D eigenvalue weighted by atomic mass is 9.99. The van der Waals surface area contributed by atoms with Gasteiger partial charge in [0.1, 0.15) is 11.4 Å². The van der Waals surface area contributed by atoms with Crippen LogP contribution in [0.3, 0.4) is 0 Å². The zero-order valence-electron chi connectivity index (χ0n) is 14.7. The van der Waals surface area contributed by atoms with Gasteiger partial charge in [0.2, 0.25) is 0 Å². The molecule has 0 radical (unpaired) electrons. The first-order chi connectivity index (χ1) is 11.9. The second kappa shape index (κ2) is 6.43. The van der Waals surface area contributed by atoms with Gasteiger partial charge in [-0.1, -0.05) is 24.3 Å². The highest BCUT2D eigenvalue weighted by molar-refractivity contribution is 6.36. The Morgan fingerprint density at radius 3 is 2.40 bits per heavy atom. The Bertz CT molecular complexity index is 900. The topological polar surface area (TPSA) is 58.6 Å². The SMILES string of the molecule is COc1cccc(NC2=C(c3ccc(C)c(C)c3)C(=O)N(C)C2=O)c1. The minimum atomic E-state index is -0.346. The molecule has 2 amide bonds. The largest absolute Gasteiger partial charge is 0.497 e. The Kier molecular flexibility index (Phi) is 4.31. The number of carbonyl (C=O) groups excluding carboxylic acids is 2. The first kappa shape index (κ1) is 16.8. The van der Waals surface area contributed by atoms with Crippen LogP contribution in [0, 0.1) is 13.8 Å². The van der Waals surface area contributed by atoms with Crippen LogP contribution in [-0.4, -0.2) is 30.9 Å². The third-order valence-electron chi connectivity index (χ3n) is 4.42. The van der Waals surface area contributed by atoms with E-state index in [9.17, 15) is 9.59 Å². The standard InChI is InChI=1S/C20H20N2O3/c1-12-8-9-14(10-13(12)2)17-18(20(24)22(3)19(17)23)21-15-6-5-7-16(11-15)25-4/h5-11,21H,1-4H3. The first-order valence-corrected chi connectivity index (χ1v) is 7.97. The number of likely N-dealkylation sites (N-methyl/N-ethyl adjacent to an activating group) is 1. The summed E-state index contributed by atoms with van der Waals surface area (Å²) in [6.07, 6.45) is 0. The molecule has 1 aliphatic heterocycles. The maximum atomic E-state index is 12.6. The molecule has 3 rings (SSSR count). The van der Waals surface area contributed by atoms with Gasteiger partial charge in [0.15, 0.2) is 0 Å². The average Bonchev–Trinajstić information content (AvgIpc) is 2.82. The number of hydrogen-bond donors (Lipinski definition) is 1. The highest BCUT2D eigenvalue weighted by atomic mass is 16.5. The molecule has 128 valence electrons. The molecule has 1 heterocycles. The molecule has 5 heteroatoms. The molecule has 0 atom stereocenters. The molecule has 25 heavy (non-hydrogen) atoms. The summed E-state index contributed by atoms with van der Waals surface area (Å²) in [4.78, 5) is 26.3. The summed E-state index contributed by atoms with van der Waals surface area (Å²) in [7, 11) is 3.07. The maximum Gasteiger partial charge on any atom is 0.277 e. The number of imide groups is 1. The fraction of sp³-hybridized carbons (Fsp3) is 0.200. The van der Waals surface area contributed by atoms with E-state index in [4.69, 9.17) is 4.74 Å². The van der Waals surface area contributed by atoms with Gasteiger partial charge in [0.25, 0.3) is 11.8 Å². The van der Waals surface area contributed by atoms with Crippen LogP contribution >= 0.6 is 0 Å². The number of nitrogens with one attached hydrogen (secondary N) is 1. The molecular formula is C20H20N2O3. The maximum absolute atomic E-state index is 12.6. The van der Waals surface area contributed by atoms with Gasteiger partial charge in [0.05, 0.1) is 12.7 Å². The number of carbonyl (C=O) groups is 2. The van der Waals surface area contributed by atoms with Gasteiger partial charge >= 0.3 is 0 Å². The average molecular weight is 336 g/mol. The summed E-state index contributed by atoms with van der Waals surface area (Å²) >= 11 is 0. The molecule has 0 aromatic heterocycles. The third-order valence-corrected chi connectivity index (χ3v) is 4.42. The minimum absolute atomic E-state index is 0.281. The molecule has 2 aromatic rings. The summed E-state index contributed by atoms with van der Waals surface area (Å²) < 4.78 is 5.21. The van der Waals surface area contributed by atoms with E-state index in [-0.39, 0.29) is 17.5 Å². The Balaban J connectivity index is 2.09. The number of aryl methyl sites for hydroxylation is 2. The predicted molar refractivity (Wildman–Crippen MR) is 97.2 cm³/mol. The molecule has 0 spiro atoms. The third kappa shape index (κ3) is 3.01. The molecule has 0 unspecified atom stereocenters. The van der Waals surface area contributed by atoms with Crippen molar-refractivity contribution in [2.24, 2.45) is 0 Å². The van der Waals surface area contributed by atoms with Crippen molar-refractivity contribution < 1.29 is 14.3 Å². The molecule has 0 saturated carbocycles. The second-order valence-corrected chi connectivity index (χ2v) is 6.08. The van der Waals surface area contributed by atoms with Crippen molar-refractivity contribution >= 4 is 23.1 Å². The van der Waals surface area contributed by atoms with Crippen LogP contribution in [0.25, 0.3) is 5.57 Å². The zero-order chi connectivity index (χ0) is 18.1. The van der Waals surface area contributed by atoms with Crippen molar-refractivity contribution in [2.75, 3.05) is 19.5 Å². The molecule has 0 saturated heterocycles. The minimum Gasteiger partial charge on any atom is -0.497 e. The quantitative estimate of drug-likeness (QED) is 0.872. The number of anilines is 1. The number of rotatable bonds is 4. The van der Waals surface area contributed by atoms with Crippen molar-refractivity contribution in [2.45, 2.75) is 13.8 Å². The molecule has 0 aliphatic carbocycles. The molecule has 5 nitrogen and oxygen atoms in total. The van der Waals surface area contributed by atoms with E-state index in [2.05, 4.69) is 5.32 Å². The van der Waals surface area contributed by atoms with E-state index >= 15 is 0 Å². The number of hydrogen-bond acceptors (Lipinski definition) is 4. The van der Waals surface area contributed by atoms with Gasteiger partial charge in [-0.15, -0.1) is 0 Å². The van der Waals surface area contributed by atoms with Crippen LogP contribution in [0.5, 0.6) is 5.75 Å². The number of benzene rings is 2. The Morgan fingerprint density at radius 2 is 1.72 bits per heavy atom. The van der Waals surface area contributed by atoms with E-state index in [0.29, 0.717) is 17.0 Å². The molecule has 0 bridgehead atoms. The fourth-order valence-corrected chi connectivity index (χ4v) is 2.77. The van der Waals surface area contributed by atoms with Crippen molar-refractivity contribution in [1.29, 1.82) is 0 Å². The van der Waals surface area contributed by atoms with Crippen LogP contribution in [-0.2, 0) is 9.59 Å². The summed E-state index contributed by atoms with van der Waals surface area (Å²) in [5.41, 5.74) is 4.29. The fourth-order valence-electron chi connectivity index (χ4n) is 2.77. The zero-order valence-corrected chi connectivity index (χ0v) is 14.7. The monoisotopic (exact) mass is 336 g/mol. The van der Waals surface area contributed by atoms with Crippen LogP contribution in [0.4, 0.5) is 5.69 Å². The molecule has 1 aliphatic rings. The van der Waals surface area contributed by atoms with Crippen molar-refractivity contribution in [1.82, 2.24) is 4.90 Å². The number of nitrogens with zero attached hydrogens (tertiary/aromatic N) is 1. The highest BCUT2D eigenvalue weighted by Crippen LogP contribution is 2.31. The molecule has 2 aromatic carbocycles. The van der Waals surface area contributed by atoms with E-state index < -0.39 is 0 Å². The Labute approximate surface area is 146 Å². The van der Waals surface area contributed by atoms with Crippen molar-refractivity contribution in [3.05, 3.63) is 64.9 Å². The summed E-state index contributed by atoms with van der Waals surface area (Å²) in [5, 5.41) is 3.10. The lowest BCUT2D eigenvalue weighted by Gasteiger charge is -2.10. The van der Waals surface area contributed by atoms with Crippen LogP contribution in [0.15, 0.2) is 48.2 Å². The molecule has 1 N–H and O–H groups in total. The predicted octanol–water partition coefficient (Wildman–Crippen LogP) is 3.13. The van der Waals surface area contributed by atoms with Crippen molar-refractivity contribution in [3.8, 4) is 5.75 Å². The van der Waals surface area contributed by atoms with Crippen LogP contribution in [0.2, 0.25) is 0 Å². The second-order valence-electron chi connectivity index (χ2n) is 6.08. The number of amides is 2. The Hall–Kier alpha value is -3.08. The van der Waals surface area contributed by atoms with Crippen LogP contribution in [0.1, 0.15) is 16.7 Å². The summed E-state index contributed by atoms with van der Waals surface area (Å²) in [6, 6.07) is 13.0. The molecular weight excluding hydrogens is 316 g/mol. The van der Waals surface area contributed by atoms with Gasteiger partial charge in [-0.2, -0.15) is 0 Å². The highest BCUT2D eigenvalue weighted by Gasteiger charge is 2.36.